The second-order valence-electron chi connectivity index (χ2n) is 9.67. The third-order valence-corrected chi connectivity index (χ3v) is 7.16. The second kappa shape index (κ2) is 10.6. The average molecular weight is 546 g/mol. The van der Waals surface area contributed by atoms with Crippen LogP contribution >= 0.6 is 0 Å². The summed E-state index contributed by atoms with van der Waals surface area (Å²) in [5.41, 5.74) is 1.99. The van der Waals surface area contributed by atoms with E-state index in [2.05, 4.69) is 10.6 Å². The number of nitro benzene ring substituents is 1. The topological polar surface area (TPSA) is 155 Å². The number of unbranched alkanes of at least 4 members (excludes halogenated alkanes) is 1. The van der Waals surface area contributed by atoms with Crippen LogP contribution in [0.25, 0.3) is 21.8 Å². The third kappa shape index (κ3) is 4.68. The summed E-state index contributed by atoms with van der Waals surface area (Å²) in [5.74, 6) is -3.35. The van der Waals surface area contributed by atoms with Crippen molar-refractivity contribution in [2.24, 2.45) is 7.05 Å². The van der Waals surface area contributed by atoms with Crippen molar-refractivity contribution >= 4 is 51.3 Å². The molecule has 0 saturated carbocycles. The van der Waals surface area contributed by atoms with Gasteiger partial charge in [-0.25, -0.2) is 4.79 Å². The maximum atomic E-state index is 13.2. The van der Waals surface area contributed by atoms with Crippen molar-refractivity contribution in [3.8, 4) is 0 Å². The van der Waals surface area contributed by atoms with Crippen LogP contribution in [-0.4, -0.2) is 51.0 Å². The highest BCUT2D eigenvalue weighted by molar-refractivity contribution is 6.13. The molecule has 0 bridgehead atoms. The number of nitro groups is 1. The second-order valence-corrected chi connectivity index (χ2v) is 9.67. The number of nitrogens with zero attached hydrogens (tertiary/aromatic N) is 3. The van der Waals surface area contributed by atoms with Gasteiger partial charge in [0.1, 0.15) is 6.54 Å². The predicted molar refractivity (Wildman–Crippen MR) is 145 cm³/mol. The van der Waals surface area contributed by atoms with Gasteiger partial charge in [-0.15, -0.1) is 0 Å². The van der Waals surface area contributed by atoms with Crippen molar-refractivity contribution in [1.82, 2.24) is 19.8 Å². The number of carbonyl (C=O) groups excluding carboxylic acids is 4. The van der Waals surface area contributed by atoms with Gasteiger partial charge in [0, 0.05) is 42.3 Å². The molecule has 1 aliphatic rings. The Hall–Kier alpha value is -5.00. The van der Waals surface area contributed by atoms with Gasteiger partial charge in [-0.05, 0) is 29.7 Å². The number of aryl methyl sites for hydroxylation is 1. The standard InChI is InChI=1S/C28H27N5O7/c1-3-4-11-40-28(37)29-13-23(34)32-15-20(17-7-5-6-8-21(17)32)25-24(26(35)30-27(25)36)19-14-31(2)22-12-16(33(38)39)9-10-18(19)22/h5-10,12,14-15,24-25H,3-4,11,13H2,1-2H3,(H,29,37)(H,30,35,36). The normalized spacial score (nSPS) is 16.9. The summed E-state index contributed by atoms with van der Waals surface area (Å²) in [7, 11) is 1.71. The fourth-order valence-corrected chi connectivity index (χ4v) is 5.24. The zero-order chi connectivity index (χ0) is 28.6. The number of amides is 3. The molecule has 1 saturated heterocycles. The minimum absolute atomic E-state index is 0.0896. The van der Waals surface area contributed by atoms with Crippen LogP contribution in [0.3, 0.4) is 0 Å². The van der Waals surface area contributed by atoms with E-state index in [9.17, 15) is 29.3 Å². The molecule has 0 aliphatic carbocycles. The summed E-state index contributed by atoms with van der Waals surface area (Å²) in [6, 6.07) is 11.4. The van der Waals surface area contributed by atoms with Crippen molar-refractivity contribution in [1.29, 1.82) is 0 Å². The molecule has 4 aromatic rings. The fourth-order valence-electron chi connectivity index (χ4n) is 5.24. The van der Waals surface area contributed by atoms with Gasteiger partial charge in [0.2, 0.25) is 11.8 Å². The van der Waals surface area contributed by atoms with Gasteiger partial charge in [0.05, 0.1) is 34.4 Å². The molecule has 12 nitrogen and oxygen atoms in total. The Morgan fingerprint density at radius 3 is 2.40 bits per heavy atom. The van der Waals surface area contributed by atoms with E-state index in [0.29, 0.717) is 39.4 Å². The van der Waals surface area contributed by atoms with E-state index in [1.54, 1.807) is 48.1 Å². The number of ether oxygens (including phenoxy) is 1. The Kier molecular flexibility index (Phi) is 7.07. The number of benzene rings is 2. The zero-order valence-electron chi connectivity index (χ0n) is 21.9. The summed E-state index contributed by atoms with van der Waals surface area (Å²) in [4.78, 5) is 62.3. The number of carbonyl (C=O) groups is 4. The number of hydrogen-bond donors (Lipinski definition) is 2. The number of imide groups is 1. The molecule has 2 atom stereocenters. The highest BCUT2D eigenvalue weighted by atomic mass is 16.6. The van der Waals surface area contributed by atoms with Crippen molar-refractivity contribution in [2.45, 2.75) is 31.6 Å². The first-order valence-electron chi connectivity index (χ1n) is 12.8. The molecular weight excluding hydrogens is 518 g/mol. The average Bonchev–Trinajstić information content (AvgIpc) is 3.57. The molecule has 5 rings (SSSR count). The summed E-state index contributed by atoms with van der Waals surface area (Å²) >= 11 is 0. The monoisotopic (exact) mass is 545 g/mol. The van der Waals surface area contributed by atoms with E-state index in [4.69, 9.17) is 4.74 Å². The van der Waals surface area contributed by atoms with Crippen LogP contribution < -0.4 is 10.6 Å². The maximum absolute atomic E-state index is 13.2. The van der Waals surface area contributed by atoms with Crippen LogP contribution in [0.1, 0.15) is 47.5 Å². The van der Waals surface area contributed by atoms with E-state index in [0.717, 1.165) is 6.42 Å². The number of alkyl carbamates (subject to hydrolysis) is 1. The van der Waals surface area contributed by atoms with Gasteiger partial charge in [-0.2, -0.15) is 0 Å². The number of rotatable bonds is 8. The number of non-ortho nitro benzene ring substituents is 1. The highest BCUT2D eigenvalue weighted by Crippen LogP contribution is 2.44. The Morgan fingerprint density at radius 2 is 1.70 bits per heavy atom. The Balaban J connectivity index is 1.53. The molecular formula is C28H27N5O7. The quantitative estimate of drug-likeness (QED) is 0.148. The van der Waals surface area contributed by atoms with Crippen LogP contribution in [0.5, 0.6) is 0 Å². The van der Waals surface area contributed by atoms with Gasteiger partial charge < -0.3 is 14.6 Å². The van der Waals surface area contributed by atoms with Gasteiger partial charge in [0.25, 0.3) is 11.6 Å². The number of hydrogen-bond acceptors (Lipinski definition) is 7. The SMILES string of the molecule is CCCCOC(=O)NCC(=O)n1cc(C2C(=O)NC(=O)C2c2cn(C)c3cc([N+](=O)[O-])ccc23)c2ccccc21. The van der Waals surface area contributed by atoms with Gasteiger partial charge in [0.15, 0.2) is 0 Å². The lowest BCUT2D eigenvalue weighted by Crippen LogP contribution is -2.32. The molecule has 12 heteroatoms. The minimum atomic E-state index is -0.959. The van der Waals surface area contributed by atoms with Crippen LogP contribution in [0.2, 0.25) is 0 Å². The first-order valence-corrected chi connectivity index (χ1v) is 12.8. The molecule has 2 aromatic heterocycles. The number of fused-ring (bicyclic) bond motifs is 2. The molecule has 1 fully saturated rings. The molecule has 40 heavy (non-hydrogen) atoms. The van der Waals surface area contributed by atoms with Crippen molar-refractivity contribution < 1.29 is 28.8 Å². The molecule has 0 radical (unpaired) electrons. The molecule has 3 amide bonds. The maximum Gasteiger partial charge on any atom is 0.407 e. The highest BCUT2D eigenvalue weighted by Gasteiger charge is 2.46. The molecule has 1 aliphatic heterocycles. The first-order chi connectivity index (χ1) is 19.2. The van der Waals surface area contributed by atoms with Crippen LogP contribution in [0.4, 0.5) is 10.5 Å². The molecule has 3 heterocycles. The van der Waals surface area contributed by atoms with Gasteiger partial charge in [-0.3, -0.25) is 34.4 Å². The third-order valence-electron chi connectivity index (χ3n) is 7.16. The lowest BCUT2D eigenvalue weighted by Gasteiger charge is -2.15. The molecule has 2 unspecified atom stereocenters. The number of aromatic nitrogens is 2. The Bertz CT molecular complexity index is 1690. The number of nitrogens with one attached hydrogen (secondary N) is 2. The fraction of sp³-hybridized carbons (Fsp3) is 0.286. The summed E-state index contributed by atoms with van der Waals surface area (Å²) in [6.45, 7) is 1.89. The van der Waals surface area contributed by atoms with Crippen molar-refractivity contribution in [3.63, 3.8) is 0 Å². The summed E-state index contributed by atoms with van der Waals surface area (Å²) < 4.78 is 8.09. The lowest BCUT2D eigenvalue weighted by atomic mass is 9.83. The smallest absolute Gasteiger partial charge is 0.407 e. The molecule has 0 spiro atoms. The van der Waals surface area contributed by atoms with Gasteiger partial charge >= 0.3 is 6.09 Å². The van der Waals surface area contributed by atoms with Crippen molar-refractivity contribution in [3.05, 3.63) is 76.1 Å². The summed E-state index contributed by atoms with van der Waals surface area (Å²) in [5, 5.41) is 17.4. The van der Waals surface area contributed by atoms with Crippen molar-refractivity contribution in [2.75, 3.05) is 13.2 Å². The number of para-hydroxylation sites is 1. The van der Waals surface area contributed by atoms with Crippen LogP contribution in [0, 0.1) is 10.1 Å². The Labute approximate surface area is 228 Å². The molecule has 2 N–H and O–H groups in total. The van der Waals surface area contributed by atoms with Crippen LogP contribution in [-0.2, 0) is 21.4 Å². The van der Waals surface area contributed by atoms with E-state index in [-0.39, 0.29) is 18.8 Å². The van der Waals surface area contributed by atoms with E-state index in [1.807, 2.05) is 6.92 Å². The molecule has 206 valence electrons. The first kappa shape index (κ1) is 26.6. The van der Waals surface area contributed by atoms with E-state index in [1.165, 1.54) is 22.9 Å². The zero-order valence-corrected chi connectivity index (χ0v) is 21.9. The van der Waals surface area contributed by atoms with Gasteiger partial charge in [-0.1, -0.05) is 31.5 Å². The predicted octanol–water partition coefficient (Wildman–Crippen LogP) is 3.73. The molecule has 2 aromatic carbocycles. The van der Waals surface area contributed by atoms with E-state index >= 15 is 0 Å². The lowest BCUT2D eigenvalue weighted by molar-refractivity contribution is -0.384. The van der Waals surface area contributed by atoms with E-state index < -0.39 is 40.6 Å². The summed E-state index contributed by atoms with van der Waals surface area (Å²) in [6.07, 6.45) is 4.10. The Morgan fingerprint density at radius 1 is 1.02 bits per heavy atom. The largest absolute Gasteiger partial charge is 0.450 e. The minimum Gasteiger partial charge on any atom is -0.450 e. The van der Waals surface area contributed by atoms with Crippen LogP contribution in [0.15, 0.2) is 54.9 Å².